The second-order valence-corrected chi connectivity index (χ2v) is 6.81. The van der Waals surface area contributed by atoms with Gasteiger partial charge in [-0.05, 0) is 18.1 Å². The van der Waals surface area contributed by atoms with Crippen LogP contribution in [-0.4, -0.2) is 43.4 Å². The summed E-state index contributed by atoms with van der Waals surface area (Å²) in [6, 6.07) is 0.493. The van der Waals surface area contributed by atoms with Crippen LogP contribution >= 0.6 is 0 Å². The number of hydrogen-bond acceptors (Lipinski definition) is 6. The van der Waals surface area contributed by atoms with Gasteiger partial charge in [0.1, 0.15) is 5.82 Å². The van der Waals surface area contributed by atoms with Crippen LogP contribution in [0.25, 0.3) is 11.5 Å². The molecule has 1 aliphatic heterocycles. The monoisotopic (exact) mass is 406 g/mol. The van der Waals surface area contributed by atoms with Crippen LogP contribution in [0, 0.1) is 17.5 Å². The molecule has 0 bridgehead atoms. The molecule has 0 saturated heterocycles. The Kier molecular flexibility index (Phi) is 5.05. The highest BCUT2D eigenvalue weighted by Crippen LogP contribution is 2.25. The Hall–Kier alpha value is -3.21. The lowest BCUT2D eigenvalue weighted by Crippen LogP contribution is -2.41. The number of nitrogens with two attached hydrogens (primary N) is 1. The van der Waals surface area contributed by atoms with Crippen LogP contribution in [0.5, 0.6) is 0 Å². The van der Waals surface area contributed by atoms with Crippen molar-refractivity contribution in [2.24, 2.45) is 5.73 Å². The van der Waals surface area contributed by atoms with Crippen molar-refractivity contribution in [1.29, 1.82) is 0 Å². The van der Waals surface area contributed by atoms with Gasteiger partial charge in [0, 0.05) is 25.1 Å². The van der Waals surface area contributed by atoms with Crippen molar-refractivity contribution in [1.82, 2.24) is 24.9 Å². The van der Waals surface area contributed by atoms with E-state index >= 15 is 0 Å². The fraction of sp³-hybridized carbons (Fsp3) is 0.333. The molecule has 3 heterocycles. The van der Waals surface area contributed by atoms with E-state index in [0.717, 1.165) is 6.07 Å². The molecule has 29 heavy (non-hydrogen) atoms. The number of aromatic nitrogens is 4. The number of rotatable bonds is 5. The third-order valence-electron chi connectivity index (χ3n) is 4.79. The first-order valence-corrected chi connectivity index (χ1v) is 8.90. The topological polar surface area (TPSA) is 103 Å². The number of hydrogen-bond donors (Lipinski definition) is 1. The lowest BCUT2D eigenvalue weighted by Gasteiger charge is -2.28. The highest BCUT2D eigenvalue weighted by Gasteiger charge is 2.27. The third-order valence-corrected chi connectivity index (χ3v) is 4.79. The van der Waals surface area contributed by atoms with Crippen molar-refractivity contribution in [3.8, 4) is 11.5 Å². The summed E-state index contributed by atoms with van der Waals surface area (Å²) in [7, 11) is 0. The predicted octanol–water partition coefficient (Wildman–Crippen LogP) is 1.65. The van der Waals surface area contributed by atoms with E-state index in [0.29, 0.717) is 36.3 Å². The quantitative estimate of drug-likeness (QED) is 0.647. The lowest BCUT2D eigenvalue weighted by atomic mass is 10.0. The Morgan fingerprint density at radius 1 is 1.21 bits per heavy atom. The number of benzene rings is 1. The van der Waals surface area contributed by atoms with Crippen LogP contribution in [-0.2, 0) is 24.3 Å². The largest absolute Gasteiger partial charge is 0.442 e. The normalized spacial score (nSPS) is 14.7. The van der Waals surface area contributed by atoms with E-state index in [-0.39, 0.29) is 30.9 Å². The molecular weight excluding hydrogens is 389 g/mol. The van der Waals surface area contributed by atoms with Gasteiger partial charge < -0.3 is 15.1 Å². The SMILES string of the molecule is N[C@@H](CC(=O)N1CCn2nnc(-c3cnco3)c2C1)Cc1cc(F)c(F)cc1F. The minimum atomic E-state index is -1.27. The van der Waals surface area contributed by atoms with Gasteiger partial charge in [-0.25, -0.2) is 22.8 Å². The maximum atomic E-state index is 13.8. The van der Waals surface area contributed by atoms with Crippen LogP contribution in [0.15, 0.2) is 29.1 Å². The molecule has 1 aliphatic rings. The summed E-state index contributed by atoms with van der Waals surface area (Å²) < 4.78 is 47.1. The molecule has 1 amide bonds. The van der Waals surface area contributed by atoms with Gasteiger partial charge in [0.2, 0.25) is 5.91 Å². The molecule has 0 aliphatic carbocycles. The molecule has 2 N–H and O–H groups in total. The van der Waals surface area contributed by atoms with Gasteiger partial charge in [0.15, 0.2) is 29.5 Å². The van der Waals surface area contributed by atoms with E-state index in [1.807, 2.05) is 0 Å². The number of halogens is 3. The van der Waals surface area contributed by atoms with Gasteiger partial charge >= 0.3 is 0 Å². The molecule has 0 saturated carbocycles. The van der Waals surface area contributed by atoms with Crippen LogP contribution in [0.2, 0.25) is 0 Å². The van der Waals surface area contributed by atoms with Crippen molar-refractivity contribution in [2.45, 2.75) is 32.0 Å². The maximum absolute atomic E-state index is 13.8. The Morgan fingerprint density at radius 2 is 2.00 bits per heavy atom. The van der Waals surface area contributed by atoms with Gasteiger partial charge in [-0.2, -0.15) is 0 Å². The number of fused-ring (bicyclic) bond motifs is 1. The Morgan fingerprint density at radius 3 is 2.76 bits per heavy atom. The Bertz CT molecular complexity index is 1040. The number of amides is 1. The summed E-state index contributed by atoms with van der Waals surface area (Å²) in [5.41, 5.74) is 7.11. The van der Waals surface area contributed by atoms with E-state index in [1.165, 1.54) is 12.6 Å². The predicted molar refractivity (Wildman–Crippen MR) is 93.5 cm³/mol. The zero-order valence-corrected chi connectivity index (χ0v) is 15.2. The van der Waals surface area contributed by atoms with Crippen molar-refractivity contribution < 1.29 is 22.4 Å². The second-order valence-electron chi connectivity index (χ2n) is 6.81. The standard InChI is InChI=1S/C18H17F3N6O2/c19-12-6-14(21)13(20)4-10(12)3-11(22)5-17(28)26-1-2-27-15(8-26)18(24-25-27)16-7-23-9-29-16/h4,6-7,9,11H,1-3,5,8,22H2/t11-/m1/s1. The van der Waals surface area contributed by atoms with E-state index in [2.05, 4.69) is 15.3 Å². The Labute approximate surface area is 163 Å². The molecule has 0 radical (unpaired) electrons. The summed E-state index contributed by atoms with van der Waals surface area (Å²) in [5, 5.41) is 8.14. The summed E-state index contributed by atoms with van der Waals surface area (Å²) in [6.45, 7) is 1.13. The first-order chi connectivity index (χ1) is 13.9. The van der Waals surface area contributed by atoms with Crippen LogP contribution in [0.1, 0.15) is 17.7 Å². The van der Waals surface area contributed by atoms with Crippen LogP contribution in [0.4, 0.5) is 13.2 Å². The first kappa shape index (κ1) is 19.1. The average molecular weight is 406 g/mol. The van der Waals surface area contributed by atoms with Crippen molar-refractivity contribution in [3.63, 3.8) is 0 Å². The maximum Gasteiger partial charge on any atom is 0.224 e. The zero-order valence-electron chi connectivity index (χ0n) is 15.2. The van der Waals surface area contributed by atoms with E-state index in [9.17, 15) is 18.0 Å². The smallest absolute Gasteiger partial charge is 0.224 e. The zero-order chi connectivity index (χ0) is 20.5. The average Bonchev–Trinajstić information content (AvgIpc) is 3.34. The minimum Gasteiger partial charge on any atom is -0.442 e. The Balaban J connectivity index is 1.42. The van der Waals surface area contributed by atoms with Crippen LogP contribution in [0.3, 0.4) is 0 Å². The van der Waals surface area contributed by atoms with Gasteiger partial charge in [-0.3, -0.25) is 4.79 Å². The highest BCUT2D eigenvalue weighted by molar-refractivity contribution is 5.77. The fourth-order valence-electron chi connectivity index (χ4n) is 3.31. The lowest BCUT2D eigenvalue weighted by molar-refractivity contribution is -0.133. The summed E-state index contributed by atoms with van der Waals surface area (Å²) in [6.07, 6.45) is 2.63. The van der Waals surface area contributed by atoms with Gasteiger partial charge in [0.05, 0.1) is 25.0 Å². The molecule has 152 valence electrons. The second kappa shape index (κ2) is 7.66. The molecule has 0 spiro atoms. The first-order valence-electron chi connectivity index (χ1n) is 8.90. The van der Waals surface area contributed by atoms with Crippen molar-refractivity contribution in [3.05, 3.63) is 53.4 Å². The highest BCUT2D eigenvalue weighted by atomic mass is 19.2. The van der Waals surface area contributed by atoms with Crippen molar-refractivity contribution >= 4 is 5.91 Å². The molecule has 3 aromatic rings. The van der Waals surface area contributed by atoms with Gasteiger partial charge in [0.25, 0.3) is 0 Å². The van der Waals surface area contributed by atoms with E-state index in [1.54, 1.807) is 9.58 Å². The molecule has 0 unspecified atom stereocenters. The van der Waals surface area contributed by atoms with Crippen molar-refractivity contribution in [2.75, 3.05) is 6.54 Å². The summed E-state index contributed by atoms with van der Waals surface area (Å²) in [4.78, 5) is 18.1. The molecule has 0 fully saturated rings. The molecule has 8 nitrogen and oxygen atoms in total. The fourth-order valence-corrected chi connectivity index (χ4v) is 3.31. The number of nitrogens with zero attached hydrogens (tertiary/aromatic N) is 5. The van der Waals surface area contributed by atoms with Crippen LogP contribution < -0.4 is 5.73 Å². The van der Waals surface area contributed by atoms with E-state index < -0.39 is 23.5 Å². The van der Waals surface area contributed by atoms with Gasteiger partial charge in [-0.1, -0.05) is 5.21 Å². The van der Waals surface area contributed by atoms with E-state index in [4.69, 9.17) is 10.2 Å². The molecule has 11 heteroatoms. The summed E-state index contributed by atoms with van der Waals surface area (Å²) >= 11 is 0. The molecule has 1 aromatic carbocycles. The molecule has 4 rings (SSSR count). The number of carbonyl (C=O) groups excluding carboxylic acids is 1. The van der Waals surface area contributed by atoms with Gasteiger partial charge in [-0.15, -0.1) is 5.10 Å². The third kappa shape index (κ3) is 3.86. The summed E-state index contributed by atoms with van der Waals surface area (Å²) in [5.74, 6) is -3.10. The molecule has 1 atom stereocenters. The minimum absolute atomic E-state index is 0.0715. The number of carbonyl (C=O) groups is 1. The molecule has 2 aromatic heterocycles. The molecular formula is C18H17F3N6O2. The number of oxazole rings is 1.